The summed E-state index contributed by atoms with van der Waals surface area (Å²) in [7, 11) is 0. The molecule has 0 spiro atoms. The zero-order valence-electron chi connectivity index (χ0n) is 20.7. The van der Waals surface area contributed by atoms with Crippen LogP contribution >= 0.6 is 0 Å². The lowest BCUT2D eigenvalue weighted by atomic mass is 10.6. The van der Waals surface area contributed by atoms with Crippen molar-refractivity contribution in [1.29, 1.82) is 0 Å². The van der Waals surface area contributed by atoms with Crippen molar-refractivity contribution in [3.8, 4) is 0 Å². The summed E-state index contributed by atoms with van der Waals surface area (Å²) in [6, 6.07) is 0. The highest BCUT2D eigenvalue weighted by molar-refractivity contribution is 5.65. The van der Waals surface area contributed by atoms with Crippen molar-refractivity contribution >= 4 is 5.97 Å². The first-order valence-corrected chi connectivity index (χ1v) is 11.8. The van der Waals surface area contributed by atoms with Crippen LogP contribution in [0.5, 0.6) is 0 Å². The Balaban J connectivity index is 3.01. The van der Waals surface area contributed by atoms with E-state index in [0.29, 0.717) is 125 Å². The van der Waals surface area contributed by atoms with E-state index >= 15 is 0 Å². The van der Waals surface area contributed by atoms with Crippen LogP contribution in [0.25, 0.3) is 0 Å². The zero-order chi connectivity index (χ0) is 24.8. The molecule has 0 amide bonds. The lowest BCUT2D eigenvalue weighted by molar-refractivity contribution is -0.142. The average molecular weight is 500 g/mol. The number of esters is 1. The molecule has 0 aromatic rings. The van der Waals surface area contributed by atoms with Crippen molar-refractivity contribution in [3.63, 3.8) is 0 Å². The second kappa shape index (κ2) is 30.1. The van der Waals surface area contributed by atoms with E-state index in [1.165, 1.54) is 6.92 Å². The average Bonchev–Trinajstić information content (AvgIpc) is 2.83. The van der Waals surface area contributed by atoms with Crippen molar-refractivity contribution in [2.45, 2.75) is 6.92 Å². The van der Waals surface area contributed by atoms with Crippen molar-refractivity contribution in [2.24, 2.45) is 5.73 Å². The fraction of sp³-hybridized carbons (Fsp3) is 0.955. The third-order valence-corrected chi connectivity index (χ3v) is 3.77. The van der Waals surface area contributed by atoms with Gasteiger partial charge in [0.1, 0.15) is 6.61 Å². The van der Waals surface area contributed by atoms with Crippen molar-refractivity contribution in [1.82, 2.24) is 0 Å². The van der Waals surface area contributed by atoms with Crippen LogP contribution in [-0.2, 0) is 52.2 Å². The van der Waals surface area contributed by atoms with Crippen LogP contribution in [0, 0.1) is 0 Å². The Morgan fingerprint density at radius 3 is 0.824 bits per heavy atom. The highest BCUT2D eigenvalue weighted by atomic mass is 16.6. The maximum absolute atomic E-state index is 10.6. The van der Waals surface area contributed by atoms with Crippen LogP contribution in [0.2, 0.25) is 0 Å². The van der Waals surface area contributed by atoms with Gasteiger partial charge in [-0.05, 0) is 0 Å². The number of hydrogen-bond donors (Lipinski definition) is 1. The molecule has 34 heavy (non-hydrogen) atoms. The van der Waals surface area contributed by atoms with Gasteiger partial charge in [0.05, 0.1) is 119 Å². The van der Waals surface area contributed by atoms with Crippen LogP contribution in [0.4, 0.5) is 0 Å². The van der Waals surface area contributed by atoms with Gasteiger partial charge < -0.3 is 53.1 Å². The minimum Gasteiger partial charge on any atom is -0.463 e. The summed E-state index contributed by atoms with van der Waals surface area (Å²) in [6.45, 7) is 11.2. The Labute approximate surface area is 203 Å². The minimum absolute atomic E-state index is 0.262. The molecule has 0 saturated heterocycles. The highest BCUT2D eigenvalue weighted by Gasteiger charge is 1.96. The molecule has 0 aromatic heterocycles. The monoisotopic (exact) mass is 499 g/mol. The maximum atomic E-state index is 10.6. The maximum Gasteiger partial charge on any atom is 0.302 e. The summed E-state index contributed by atoms with van der Waals surface area (Å²) in [6.07, 6.45) is 0. The molecule has 0 aliphatic rings. The molecule has 0 aromatic carbocycles. The van der Waals surface area contributed by atoms with Gasteiger partial charge in [0.15, 0.2) is 0 Å². The summed E-state index contributed by atoms with van der Waals surface area (Å²) in [5.41, 5.74) is 5.31. The number of rotatable bonds is 29. The number of hydrogen-bond acceptors (Lipinski definition) is 12. The highest BCUT2D eigenvalue weighted by Crippen LogP contribution is 1.86. The van der Waals surface area contributed by atoms with Crippen molar-refractivity contribution < 1.29 is 52.2 Å². The topological polar surface area (TPSA) is 135 Å². The lowest BCUT2D eigenvalue weighted by Gasteiger charge is -2.09. The predicted octanol–water partition coefficient (Wildman–Crippen LogP) is -0.342. The molecule has 12 nitrogen and oxygen atoms in total. The fourth-order valence-corrected chi connectivity index (χ4v) is 2.19. The second-order valence-electron chi connectivity index (χ2n) is 6.64. The van der Waals surface area contributed by atoms with Gasteiger partial charge in [0, 0.05) is 13.5 Å². The zero-order valence-corrected chi connectivity index (χ0v) is 20.7. The lowest BCUT2D eigenvalue weighted by Crippen LogP contribution is -2.15. The Bertz CT molecular complexity index is 405. The largest absolute Gasteiger partial charge is 0.463 e. The molecule has 204 valence electrons. The van der Waals surface area contributed by atoms with Crippen molar-refractivity contribution in [3.05, 3.63) is 0 Å². The standard InChI is InChI=1S/C22H45NO11/c1-22(24)34-21-20-33-19-18-32-17-16-31-15-14-30-13-12-29-11-10-28-9-8-27-7-6-26-5-4-25-3-2-23/h2-21,23H2,1H3. The molecule has 0 unspecified atom stereocenters. The third-order valence-electron chi connectivity index (χ3n) is 3.77. The van der Waals surface area contributed by atoms with E-state index in [4.69, 9.17) is 53.1 Å². The van der Waals surface area contributed by atoms with Crippen LogP contribution in [-0.4, -0.2) is 138 Å². The first kappa shape index (κ1) is 33.1. The van der Waals surface area contributed by atoms with E-state index in [-0.39, 0.29) is 12.6 Å². The van der Waals surface area contributed by atoms with Gasteiger partial charge in [-0.3, -0.25) is 4.79 Å². The third kappa shape index (κ3) is 31.1. The molecule has 12 heteroatoms. The molecule has 0 aliphatic carbocycles. The Kier molecular flexibility index (Phi) is 29.3. The molecule has 0 aliphatic heterocycles. The molecule has 0 heterocycles. The molecule has 0 rings (SSSR count). The number of ether oxygens (including phenoxy) is 10. The van der Waals surface area contributed by atoms with E-state index in [2.05, 4.69) is 0 Å². The van der Waals surface area contributed by atoms with Gasteiger partial charge in [0.2, 0.25) is 0 Å². The second-order valence-corrected chi connectivity index (χ2v) is 6.64. The summed E-state index contributed by atoms with van der Waals surface area (Å²) < 4.78 is 52.9. The predicted molar refractivity (Wildman–Crippen MR) is 123 cm³/mol. The Morgan fingerprint density at radius 2 is 0.618 bits per heavy atom. The van der Waals surface area contributed by atoms with Crippen LogP contribution in [0.15, 0.2) is 0 Å². The minimum atomic E-state index is -0.309. The fourth-order valence-electron chi connectivity index (χ4n) is 2.19. The molecule has 0 radical (unpaired) electrons. The number of nitrogens with two attached hydrogens (primary N) is 1. The van der Waals surface area contributed by atoms with Crippen LogP contribution in [0.3, 0.4) is 0 Å². The van der Waals surface area contributed by atoms with Crippen LogP contribution < -0.4 is 5.73 Å². The molecule has 0 bridgehead atoms. The Hall–Kier alpha value is -0.930. The van der Waals surface area contributed by atoms with E-state index in [1.54, 1.807) is 0 Å². The van der Waals surface area contributed by atoms with Gasteiger partial charge in [0.25, 0.3) is 0 Å². The summed E-state index contributed by atoms with van der Waals surface area (Å²) >= 11 is 0. The normalized spacial score (nSPS) is 11.2. The van der Waals surface area contributed by atoms with Gasteiger partial charge in [-0.2, -0.15) is 0 Å². The molecule has 0 saturated carbocycles. The first-order valence-electron chi connectivity index (χ1n) is 11.8. The van der Waals surface area contributed by atoms with Gasteiger partial charge in [-0.15, -0.1) is 0 Å². The van der Waals surface area contributed by atoms with E-state index < -0.39 is 0 Å². The van der Waals surface area contributed by atoms with Gasteiger partial charge in [-0.25, -0.2) is 0 Å². The molecular weight excluding hydrogens is 454 g/mol. The van der Waals surface area contributed by atoms with Gasteiger partial charge in [-0.1, -0.05) is 0 Å². The summed E-state index contributed by atoms with van der Waals surface area (Å²) in [4.78, 5) is 10.6. The molecule has 2 N–H and O–H groups in total. The van der Waals surface area contributed by atoms with Crippen LogP contribution in [0.1, 0.15) is 6.92 Å². The summed E-state index contributed by atoms with van der Waals surface area (Å²) in [5, 5.41) is 0. The number of carbonyl (C=O) groups is 1. The first-order chi connectivity index (χ1) is 16.8. The number of carbonyl (C=O) groups excluding carboxylic acids is 1. The van der Waals surface area contributed by atoms with E-state index in [0.717, 1.165) is 0 Å². The molecule has 0 atom stereocenters. The summed E-state index contributed by atoms with van der Waals surface area (Å²) in [5.74, 6) is -0.309. The van der Waals surface area contributed by atoms with E-state index in [1.807, 2.05) is 0 Å². The molecular formula is C22H45NO11. The smallest absolute Gasteiger partial charge is 0.302 e. The Morgan fingerprint density at radius 1 is 0.412 bits per heavy atom. The van der Waals surface area contributed by atoms with Gasteiger partial charge >= 0.3 is 5.97 Å². The molecule has 0 fully saturated rings. The van der Waals surface area contributed by atoms with E-state index in [9.17, 15) is 4.79 Å². The SMILES string of the molecule is CC(=O)OCCOCCOCCOCCOCCOCCOCCOCCOCCOCCN. The quantitative estimate of drug-likeness (QED) is 0.106. The van der Waals surface area contributed by atoms with Crippen molar-refractivity contribution in [2.75, 3.05) is 132 Å².